The molecule has 0 unspecified atom stereocenters. The van der Waals surface area contributed by atoms with Crippen LogP contribution in [0.4, 0.5) is 0 Å². The number of methoxy groups -OCH3 is 2. The number of hydrogen-bond donors (Lipinski definition) is 0. The molecule has 2 heterocycles. The van der Waals surface area contributed by atoms with Crippen molar-refractivity contribution in [3.8, 4) is 22.8 Å². The predicted octanol–water partition coefficient (Wildman–Crippen LogP) is 4.72. The summed E-state index contributed by atoms with van der Waals surface area (Å²) in [5.74, 6) is 2.28. The average Bonchev–Trinajstić information content (AvgIpc) is 3.38. The third-order valence-corrected chi connectivity index (χ3v) is 5.05. The fourth-order valence-electron chi connectivity index (χ4n) is 2.93. The molecular weight excluding hydrogens is 376 g/mol. The van der Waals surface area contributed by atoms with E-state index in [2.05, 4.69) is 19.0 Å². The van der Waals surface area contributed by atoms with E-state index in [0.717, 1.165) is 10.4 Å². The number of aromatic nitrogens is 1. The molecule has 0 saturated carbocycles. The molecule has 0 aliphatic rings. The molecule has 0 radical (unpaired) electrons. The Bertz CT molecular complexity index is 918. The normalized spacial score (nSPS) is 10.9. The summed E-state index contributed by atoms with van der Waals surface area (Å²) in [5, 5.41) is 6.08. The van der Waals surface area contributed by atoms with E-state index < -0.39 is 0 Å². The minimum atomic E-state index is 0.00668. The maximum atomic E-state index is 12.8. The molecule has 3 rings (SSSR count). The highest BCUT2D eigenvalue weighted by Gasteiger charge is 2.21. The minimum Gasteiger partial charge on any atom is -0.497 e. The maximum Gasteiger partial charge on any atom is 0.264 e. The Morgan fingerprint density at radius 3 is 2.68 bits per heavy atom. The standard InChI is InChI=1S/C21H24N2O4S/c1-14(2)12-23(21(24)20-6-5-9-28-20)13-15-10-19(27-22-15)17-11-16(25-3)7-8-18(17)26-4/h5-11,14H,12-13H2,1-4H3. The van der Waals surface area contributed by atoms with Crippen LogP contribution in [0.2, 0.25) is 0 Å². The Hall–Kier alpha value is -2.80. The van der Waals surface area contributed by atoms with Gasteiger partial charge in [0.25, 0.3) is 5.91 Å². The minimum absolute atomic E-state index is 0.00668. The molecule has 0 aliphatic heterocycles. The van der Waals surface area contributed by atoms with E-state index >= 15 is 0 Å². The molecule has 0 saturated heterocycles. The van der Waals surface area contributed by atoms with E-state index in [9.17, 15) is 4.79 Å². The summed E-state index contributed by atoms with van der Waals surface area (Å²) in [5.41, 5.74) is 1.44. The van der Waals surface area contributed by atoms with Gasteiger partial charge in [-0.1, -0.05) is 25.1 Å². The van der Waals surface area contributed by atoms with Gasteiger partial charge >= 0.3 is 0 Å². The zero-order valence-corrected chi connectivity index (χ0v) is 17.3. The highest BCUT2D eigenvalue weighted by Crippen LogP contribution is 2.34. The number of amides is 1. The second-order valence-corrected chi connectivity index (χ2v) is 7.75. The smallest absolute Gasteiger partial charge is 0.264 e. The van der Waals surface area contributed by atoms with Gasteiger partial charge in [-0.25, -0.2) is 0 Å². The number of rotatable bonds is 8. The van der Waals surface area contributed by atoms with Crippen LogP contribution < -0.4 is 9.47 Å². The van der Waals surface area contributed by atoms with Crippen LogP contribution in [-0.4, -0.2) is 36.7 Å². The lowest BCUT2D eigenvalue weighted by Crippen LogP contribution is -2.33. The lowest BCUT2D eigenvalue weighted by molar-refractivity contribution is 0.0723. The molecule has 1 aromatic carbocycles. The number of thiophene rings is 1. The fraction of sp³-hybridized carbons (Fsp3) is 0.333. The van der Waals surface area contributed by atoms with E-state index in [4.69, 9.17) is 14.0 Å². The van der Waals surface area contributed by atoms with Gasteiger partial charge in [-0.3, -0.25) is 4.79 Å². The third-order valence-electron chi connectivity index (χ3n) is 4.19. The van der Waals surface area contributed by atoms with Crippen molar-refractivity contribution in [2.45, 2.75) is 20.4 Å². The van der Waals surface area contributed by atoms with Gasteiger partial charge in [0.05, 0.1) is 31.2 Å². The fourth-order valence-corrected chi connectivity index (χ4v) is 3.62. The number of nitrogens with zero attached hydrogens (tertiary/aromatic N) is 2. The molecule has 28 heavy (non-hydrogen) atoms. The quantitative estimate of drug-likeness (QED) is 0.547. The molecule has 0 bridgehead atoms. The second-order valence-electron chi connectivity index (χ2n) is 6.81. The molecule has 3 aromatic rings. The first-order valence-corrected chi connectivity index (χ1v) is 9.90. The molecule has 0 N–H and O–H groups in total. The van der Waals surface area contributed by atoms with Crippen molar-refractivity contribution >= 4 is 17.2 Å². The van der Waals surface area contributed by atoms with Crippen molar-refractivity contribution in [3.63, 3.8) is 0 Å². The molecule has 6 nitrogen and oxygen atoms in total. The Morgan fingerprint density at radius 1 is 1.21 bits per heavy atom. The summed E-state index contributed by atoms with van der Waals surface area (Å²) in [6.07, 6.45) is 0. The van der Waals surface area contributed by atoms with Crippen LogP contribution in [-0.2, 0) is 6.54 Å². The number of carbonyl (C=O) groups is 1. The highest BCUT2D eigenvalue weighted by atomic mass is 32.1. The Kier molecular flexibility index (Phi) is 6.36. The van der Waals surface area contributed by atoms with Crippen molar-refractivity contribution in [2.75, 3.05) is 20.8 Å². The van der Waals surface area contributed by atoms with E-state index in [1.165, 1.54) is 11.3 Å². The largest absolute Gasteiger partial charge is 0.497 e. The van der Waals surface area contributed by atoms with Crippen LogP contribution in [0.15, 0.2) is 46.3 Å². The van der Waals surface area contributed by atoms with Crippen molar-refractivity contribution < 1.29 is 18.8 Å². The molecule has 0 atom stereocenters. The number of carbonyl (C=O) groups excluding carboxylic acids is 1. The van der Waals surface area contributed by atoms with Crippen LogP contribution in [0.5, 0.6) is 11.5 Å². The first-order valence-electron chi connectivity index (χ1n) is 9.02. The summed E-state index contributed by atoms with van der Waals surface area (Å²) in [4.78, 5) is 15.4. The van der Waals surface area contributed by atoms with Gasteiger partial charge in [-0.05, 0) is 35.6 Å². The maximum absolute atomic E-state index is 12.8. The Morgan fingerprint density at radius 2 is 2.04 bits per heavy atom. The summed E-state index contributed by atoms with van der Waals surface area (Å²) >= 11 is 1.44. The van der Waals surface area contributed by atoms with Gasteiger partial charge in [-0.2, -0.15) is 0 Å². The van der Waals surface area contributed by atoms with Gasteiger partial charge < -0.3 is 18.9 Å². The molecule has 0 spiro atoms. The molecule has 1 amide bonds. The van der Waals surface area contributed by atoms with Crippen LogP contribution in [0.3, 0.4) is 0 Å². The van der Waals surface area contributed by atoms with E-state index in [1.54, 1.807) is 19.1 Å². The second kappa shape index (κ2) is 8.93. The van der Waals surface area contributed by atoms with E-state index in [0.29, 0.717) is 42.0 Å². The van der Waals surface area contributed by atoms with Gasteiger partial charge in [0.15, 0.2) is 5.76 Å². The van der Waals surface area contributed by atoms with E-state index in [-0.39, 0.29) is 5.91 Å². The topological polar surface area (TPSA) is 64.8 Å². The molecule has 2 aromatic heterocycles. The third kappa shape index (κ3) is 4.54. The van der Waals surface area contributed by atoms with E-state index in [1.807, 2.05) is 41.8 Å². The van der Waals surface area contributed by atoms with Crippen molar-refractivity contribution in [2.24, 2.45) is 5.92 Å². The van der Waals surface area contributed by atoms with Crippen LogP contribution >= 0.6 is 11.3 Å². The van der Waals surface area contributed by atoms with Crippen LogP contribution in [0.25, 0.3) is 11.3 Å². The zero-order chi connectivity index (χ0) is 20.1. The first-order chi connectivity index (χ1) is 13.5. The first kappa shape index (κ1) is 19.9. The number of benzene rings is 1. The van der Waals surface area contributed by atoms with Crippen LogP contribution in [0, 0.1) is 5.92 Å². The van der Waals surface area contributed by atoms with Crippen molar-refractivity contribution in [3.05, 3.63) is 52.3 Å². The lowest BCUT2D eigenvalue weighted by atomic mass is 10.1. The summed E-state index contributed by atoms with van der Waals surface area (Å²) < 4.78 is 16.3. The van der Waals surface area contributed by atoms with Gasteiger partial charge in [0.2, 0.25) is 0 Å². The highest BCUT2D eigenvalue weighted by molar-refractivity contribution is 7.12. The SMILES string of the molecule is COc1ccc(OC)c(-c2cc(CN(CC(C)C)C(=O)c3cccs3)no2)c1. The molecular formula is C21H24N2O4S. The van der Waals surface area contributed by atoms with Crippen molar-refractivity contribution in [1.29, 1.82) is 0 Å². The molecule has 7 heteroatoms. The monoisotopic (exact) mass is 400 g/mol. The van der Waals surface area contributed by atoms with Gasteiger partial charge in [0.1, 0.15) is 17.2 Å². The number of hydrogen-bond acceptors (Lipinski definition) is 6. The average molecular weight is 401 g/mol. The van der Waals surface area contributed by atoms with Gasteiger partial charge in [0, 0.05) is 12.6 Å². The Balaban J connectivity index is 1.85. The van der Waals surface area contributed by atoms with Crippen LogP contribution in [0.1, 0.15) is 29.2 Å². The zero-order valence-electron chi connectivity index (χ0n) is 16.5. The predicted molar refractivity (Wildman–Crippen MR) is 109 cm³/mol. The lowest BCUT2D eigenvalue weighted by Gasteiger charge is -2.23. The van der Waals surface area contributed by atoms with Crippen molar-refractivity contribution in [1.82, 2.24) is 10.1 Å². The summed E-state index contributed by atoms with van der Waals surface area (Å²) in [6.45, 7) is 5.19. The molecule has 0 aliphatic carbocycles. The summed E-state index contributed by atoms with van der Waals surface area (Å²) in [6, 6.07) is 11.0. The molecule has 0 fully saturated rings. The number of ether oxygens (including phenoxy) is 2. The van der Waals surface area contributed by atoms with Gasteiger partial charge in [-0.15, -0.1) is 11.3 Å². The molecule has 148 valence electrons. The summed E-state index contributed by atoms with van der Waals surface area (Å²) in [7, 11) is 3.21. The Labute approximate surface area is 168 Å².